The molecule has 1 aromatic rings. The van der Waals surface area contributed by atoms with Crippen molar-refractivity contribution in [3.05, 3.63) is 29.6 Å². The zero-order valence-electron chi connectivity index (χ0n) is 8.83. The van der Waals surface area contributed by atoms with E-state index >= 15 is 0 Å². The van der Waals surface area contributed by atoms with E-state index in [9.17, 15) is 0 Å². The maximum Gasteiger partial charge on any atom is 0.101 e. The van der Waals surface area contributed by atoms with Gasteiger partial charge in [-0.3, -0.25) is 4.98 Å². The smallest absolute Gasteiger partial charge is 0.101 e. The van der Waals surface area contributed by atoms with Crippen molar-refractivity contribution in [1.82, 2.24) is 10.3 Å². The van der Waals surface area contributed by atoms with Gasteiger partial charge in [0.2, 0.25) is 0 Å². The van der Waals surface area contributed by atoms with E-state index in [1.54, 1.807) is 12.4 Å². The molecule has 1 rings (SSSR count). The highest BCUT2D eigenvalue weighted by atomic mass is 14.9. The molecule has 1 aromatic heterocycles. The van der Waals surface area contributed by atoms with Gasteiger partial charge in [0.1, 0.15) is 6.07 Å². The lowest BCUT2D eigenvalue weighted by molar-refractivity contribution is 0.424. The van der Waals surface area contributed by atoms with Gasteiger partial charge in [-0.1, -0.05) is 0 Å². The van der Waals surface area contributed by atoms with Crippen LogP contribution in [0, 0.1) is 11.3 Å². The van der Waals surface area contributed by atoms with Gasteiger partial charge in [0.05, 0.1) is 5.56 Å². The van der Waals surface area contributed by atoms with Crippen LogP contribution in [-0.2, 0) is 6.54 Å². The Kier molecular flexibility index (Phi) is 3.21. The Bertz CT molecular complexity index is 344. The quantitative estimate of drug-likeness (QED) is 0.772. The van der Waals surface area contributed by atoms with E-state index in [-0.39, 0.29) is 5.54 Å². The second-order valence-corrected chi connectivity index (χ2v) is 4.30. The SMILES string of the molecule is CC(C)(C)NCc1cncc(C#N)c1. The van der Waals surface area contributed by atoms with E-state index in [4.69, 9.17) is 5.26 Å². The van der Waals surface area contributed by atoms with Crippen molar-refractivity contribution in [3.63, 3.8) is 0 Å². The van der Waals surface area contributed by atoms with Crippen molar-refractivity contribution in [3.8, 4) is 6.07 Å². The molecule has 3 nitrogen and oxygen atoms in total. The largest absolute Gasteiger partial charge is 0.308 e. The first-order chi connectivity index (χ1) is 6.51. The molecule has 1 N–H and O–H groups in total. The molecule has 74 valence electrons. The zero-order chi connectivity index (χ0) is 10.6. The molecule has 0 unspecified atom stereocenters. The van der Waals surface area contributed by atoms with Crippen LogP contribution >= 0.6 is 0 Å². The number of nitriles is 1. The first-order valence-electron chi connectivity index (χ1n) is 4.60. The molecular weight excluding hydrogens is 174 g/mol. The highest BCUT2D eigenvalue weighted by molar-refractivity contribution is 5.28. The van der Waals surface area contributed by atoms with Crippen LogP contribution in [0.4, 0.5) is 0 Å². The van der Waals surface area contributed by atoms with Crippen molar-refractivity contribution in [2.45, 2.75) is 32.9 Å². The fraction of sp³-hybridized carbons (Fsp3) is 0.455. The molecule has 0 aliphatic carbocycles. The van der Waals surface area contributed by atoms with Gasteiger partial charge in [-0.25, -0.2) is 0 Å². The van der Waals surface area contributed by atoms with Gasteiger partial charge in [-0.2, -0.15) is 5.26 Å². The summed E-state index contributed by atoms with van der Waals surface area (Å²) in [7, 11) is 0. The number of pyridine rings is 1. The van der Waals surface area contributed by atoms with Crippen LogP contribution in [0.1, 0.15) is 31.9 Å². The van der Waals surface area contributed by atoms with Gasteiger partial charge in [-0.05, 0) is 32.4 Å². The highest BCUT2D eigenvalue weighted by Crippen LogP contribution is 2.04. The minimum absolute atomic E-state index is 0.0860. The predicted molar refractivity (Wildman–Crippen MR) is 55.5 cm³/mol. The molecule has 14 heavy (non-hydrogen) atoms. The zero-order valence-corrected chi connectivity index (χ0v) is 8.83. The van der Waals surface area contributed by atoms with Gasteiger partial charge in [0, 0.05) is 24.5 Å². The number of hydrogen-bond donors (Lipinski definition) is 1. The molecule has 0 aromatic carbocycles. The van der Waals surface area contributed by atoms with Crippen LogP contribution in [-0.4, -0.2) is 10.5 Å². The molecule has 1 heterocycles. The molecule has 3 heteroatoms. The predicted octanol–water partition coefficient (Wildman–Crippen LogP) is 1.84. The normalized spacial score (nSPS) is 11.0. The number of aromatic nitrogens is 1. The maximum atomic E-state index is 8.68. The lowest BCUT2D eigenvalue weighted by atomic mass is 10.1. The minimum Gasteiger partial charge on any atom is -0.308 e. The Labute approximate surface area is 84.8 Å². The van der Waals surface area contributed by atoms with E-state index in [1.165, 1.54) is 0 Å². The van der Waals surface area contributed by atoms with Crippen LogP contribution in [0.3, 0.4) is 0 Å². The van der Waals surface area contributed by atoms with Crippen LogP contribution in [0.2, 0.25) is 0 Å². The summed E-state index contributed by atoms with van der Waals surface area (Å²) in [4.78, 5) is 3.99. The van der Waals surface area contributed by atoms with E-state index in [0.29, 0.717) is 5.56 Å². The third-order valence-corrected chi connectivity index (χ3v) is 1.75. The molecule has 0 saturated carbocycles. The summed E-state index contributed by atoms with van der Waals surface area (Å²) < 4.78 is 0. The lowest BCUT2D eigenvalue weighted by Crippen LogP contribution is -2.35. The highest BCUT2D eigenvalue weighted by Gasteiger charge is 2.08. The molecule has 0 amide bonds. The average Bonchev–Trinajstić information content (AvgIpc) is 2.14. The molecule has 0 fully saturated rings. The third-order valence-electron chi connectivity index (χ3n) is 1.75. The topological polar surface area (TPSA) is 48.7 Å². The van der Waals surface area contributed by atoms with Crippen molar-refractivity contribution in [1.29, 1.82) is 5.26 Å². The number of hydrogen-bond acceptors (Lipinski definition) is 3. The van der Waals surface area contributed by atoms with Crippen molar-refractivity contribution < 1.29 is 0 Å². The van der Waals surface area contributed by atoms with E-state index in [2.05, 4.69) is 37.1 Å². The van der Waals surface area contributed by atoms with Crippen molar-refractivity contribution >= 4 is 0 Å². The van der Waals surface area contributed by atoms with E-state index < -0.39 is 0 Å². The molecule has 0 aliphatic heterocycles. The minimum atomic E-state index is 0.0860. The standard InChI is InChI=1S/C11H15N3/c1-11(2,3)14-8-10-4-9(5-12)6-13-7-10/h4,6-7,14H,8H2,1-3H3. The molecule has 0 spiro atoms. The van der Waals surface area contributed by atoms with Gasteiger partial charge >= 0.3 is 0 Å². The first-order valence-corrected chi connectivity index (χ1v) is 4.60. The number of nitrogens with one attached hydrogen (secondary N) is 1. The van der Waals surface area contributed by atoms with Gasteiger partial charge < -0.3 is 5.32 Å². The summed E-state index contributed by atoms with van der Waals surface area (Å²) >= 11 is 0. The summed E-state index contributed by atoms with van der Waals surface area (Å²) in [5, 5.41) is 12.0. The summed E-state index contributed by atoms with van der Waals surface area (Å²) in [6.07, 6.45) is 3.35. The Morgan fingerprint density at radius 2 is 2.14 bits per heavy atom. The molecule has 0 aliphatic rings. The molecule has 0 radical (unpaired) electrons. The van der Waals surface area contributed by atoms with Crippen molar-refractivity contribution in [2.75, 3.05) is 0 Å². The van der Waals surface area contributed by atoms with Gasteiger partial charge in [0.25, 0.3) is 0 Å². The fourth-order valence-corrected chi connectivity index (χ4v) is 1.01. The van der Waals surface area contributed by atoms with Crippen molar-refractivity contribution in [2.24, 2.45) is 0 Å². The van der Waals surface area contributed by atoms with Crippen LogP contribution in [0.5, 0.6) is 0 Å². The number of rotatable bonds is 2. The third kappa shape index (κ3) is 3.55. The van der Waals surface area contributed by atoms with E-state index in [0.717, 1.165) is 12.1 Å². The summed E-state index contributed by atoms with van der Waals surface area (Å²) in [6, 6.07) is 3.93. The summed E-state index contributed by atoms with van der Waals surface area (Å²) in [5.41, 5.74) is 1.74. The second kappa shape index (κ2) is 4.21. The van der Waals surface area contributed by atoms with Gasteiger partial charge in [0.15, 0.2) is 0 Å². The van der Waals surface area contributed by atoms with Gasteiger partial charge in [-0.15, -0.1) is 0 Å². The molecule has 0 bridgehead atoms. The Morgan fingerprint density at radius 1 is 1.43 bits per heavy atom. The molecule has 0 atom stereocenters. The monoisotopic (exact) mass is 189 g/mol. The Morgan fingerprint density at radius 3 is 2.71 bits per heavy atom. The van der Waals surface area contributed by atoms with Crippen LogP contribution < -0.4 is 5.32 Å². The number of nitrogens with zero attached hydrogens (tertiary/aromatic N) is 2. The Hall–Kier alpha value is -1.40. The summed E-state index contributed by atoms with van der Waals surface area (Å²) in [6.45, 7) is 7.06. The Balaban J connectivity index is 2.65. The summed E-state index contributed by atoms with van der Waals surface area (Å²) in [5.74, 6) is 0. The average molecular weight is 189 g/mol. The molecular formula is C11H15N3. The lowest BCUT2D eigenvalue weighted by Gasteiger charge is -2.20. The van der Waals surface area contributed by atoms with Crippen LogP contribution in [0.15, 0.2) is 18.5 Å². The first kappa shape index (κ1) is 10.7. The fourth-order valence-electron chi connectivity index (χ4n) is 1.01. The van der Waals surface area contributed by atoms with Crippen LogP contribution in [0.25, 0.3) is 0 Å². The van der Waals surface area contributed by atoms with E-state index in [1.807, 2.05) is 6.07 Å². The maximum absolute atomic E-state index is 8.68. The second-order valence-electron chi connectivity index (χ2n) is 4.30. The molecule has 0 saturated heterocycles.